The second-order valence-electron chi connectivity index (χ2n) is 9.67. The van der Waals surface area contributed by atoms with Crippen molar-refractivity contribution in [3.8, 4) is 17.6 Å². The van der Waals surface area contributed by atoms with Gasteiger partial charge < -0.3 is 29.8 Å². The molecule has 0 unspecified atom stereocenters. The van der Waals surface area contributed by atoms with Gasteiger partial charge in [0, 0.05) is 24.6 Å². The van der Waals surface area contributed by atoms with Crippen LogP contribution in [0.25, 0.3) is 10.1 Å². The average molecular weight is 581 g/mol. The van der Waals surface area contributed by atoms with Gasteiger partial charge in [-0.1, -0.05) is 24.0 Å². The molecular formula is C28H32F3N2O4PS. The van der Waals surface area contributed by atoms with Gasteiger partial charge in [-0.15, -0.1) is 11.3 Å². The first-order valence-corrected chi connectivity index (χ1v) is 16.1. The van der Waals surface area contributed by atoms with Gasteiger partial charge in [-0.3, -0.25) is 0 Å². The molecule has 3 N–H and O–H groups in total. The molecule has 0 radical (unpaired) electrons. The van der Waals surface area contributed by atoms with Crippen molar-refractivity contribution in [3.05, 3.63) is 46.8 Å². The molecule has 3 aromatic rings. The first-order chi connectivity index (χ1) is 18.5. The van der Waals surface area contributed by atoms with E-state index in [0.717, 1.165) is 23.2 Å². The number of aliphatic hydroxyl groups excluding tert-OH is 1. The molecule has 6 nitrogen and oxygen atoms in total. The van der Waals surface area contributed by atoms with Gasteiger partial charge in [-0.2, -0.15) is 13.2 Å². The Kier molecular flexibility index (Phi) is 9.50. The molecule has 2 heterocycles. The fourth-order valence-corrected chi connectivity index (χ4v) is 6.39. The summed E-state index contributed by atoms with van der Waals surface area (Å²) >= 11 is 1.27. The van der Waals surface area contributed by atoms with Crippen molar-refractivity contribution in [3.63, 3.8) is 0 Å². The molecule has 0 bridgehead atoms. The summed E-state index contributed by atoms with van der Waals surface area (Å²) in [6.45, 7) is 4.67. The molecule has 0 atom stereocenters. The minimum Gasteiger partial charge on any atom is -0.489 e. The molecular weight excluding hydrogens is 548 g/mol. The topological polar surface area (TPSA) is 79.8 Å². The number of thiophene rings is 1. The van der Waals surface area contributed by atoms with Crippen LogP contribution in [-0.2, 0) is 15.7 Å². The lowest BCUT2D eigenvalue weighted by atomic mass is 10.1. The Bertz CT molecular complexity index is 1400. The summed E-state index contributed by atoms with van der Waals surface area (Å²) in [6, 6.07) is 10.7. The summed E-state index contributed by atoms with van der Waals surface area (Å²) < 4.78 is 64.9. The molecule has 39 heavy (non-hydrogen) atoms. The number of nitrogens with one attached hydrogen (secondary N) is 2. The van der Waals surface area contributed by atoms with E-state index >= 15 is 0 Å². The van der Waals surface area contributed by atoms with Crippen LogP contribution in [0.4, 0.5) is 24.5 Å². The van der Waals surface area contributed by atoms with Gasteiger partial charge in [-0.05, 0) is 61.4 Å². The number of halogens is 3. The molecule has 4 rings (SSSR count). The number of hydrogen-bond acceptors (Lipinski definition) is 7. The summed E-state index contributed by atoms with van der Waals surface area (Å²) in [5.74, 6) is 6.34. The minimum atomic E-state index is -4.37. The Balaban J connectivity index is 1.59. The van der Waals surface area contributed by atoms with E-state index in [1.54, 1.807) is 43.7 Å². The Morgan fingerprint density at radius 2 is 1.95 bits per heavy atom. The predicted octanol–water partition coefficient (Wildman–Crippen LogP) is 5.68. The third-order valence-corrected chi connectivity index (χ3v) is 9.00. The summed E-state index contributed by atoms with van der Waals surface area (Å²) in [4.78, 5) is 0.385. The van der Waals surface area contributed by atoms with E-state index in [4.69, 9.17) is 14.6 Å². The molecule has 1 aliphatic rings. The van der Waals surface area contributed by atoms with Crippen molar-refractivity contribution >= 4 is 45.2 Å². The molecule has 1 fully saturated rings. The number of alkyl halides is 3. The summed E-state index contributed by atoms with van der Waals surface area (Å²) in [5.41, 5.74) is 1.59. The maximum absolute atomic E-state index is 13.5. The molecule has 0 aliphatic carbocycles. The SMILES string of the molecule is CP(C)(=O)c1ccc(NCC#Cc2sc3c(NC4CCOCC4)cccc3c2CC(F)(F)F)c(OCCO)c1. The van der Waals surface area contributed by atoms with Crippen LogP contribution in [0, 0.1) is 11.8 Å². The van der Waals surface area contributed by atoms with E-state index in [1.807, 2.05) is 6.07 Å². The highest BCUT2D eigenvalue weighted by molar-refractivity contribution is 7.70. The number of aliphatic hydroxyl groups is 1. The van der Waals surface area contributed by atoms with Crippen molar-refractivity contribution in [2.45, 2.75) is 31.5 Å². The highest BCUT2D eigenvalue weighted by Gasteiger charge is 2.31. The predicted molar refractivity (Wildman–Crippen MR) is 153 cm³/mol. The van der Waals surface area contributed by atoms with Crippen LogP contribution in [0.3, 0.4) is 0 Å². The molecule has 1 aromatic heterocycles. The number of fused-ring (bicyclic) bond motifs is 1. The summed E-state index contributed by atoms with van der Waals surface area (Å²) in [6.07, 6.45) is -3.74. The highest BCUT2D eigenvalue weighted by Crippen LogP contribution is 2.40. The number of hydrogen-bond donors (Lipinski definition) is 3. The van der Waals surface area contributed by atoms with Crippen LogP contribution in [0.2, 0.25) is 0 Å². The number of rotatable bonds is 9. The number of ether oxygens (including phenoxy) is 2. The zero-order valence-corrected chi connectivity index (χ0v) is 23.6. The molecule has 0 amide bonds. The zero-order chi connectivity index (χ0) is 28.0. The van der Waals surface area contributed by atoms with Gasteiger partial charge >= 0.3 is 6.18 Å². The van der Waals surface area contributed by atoms with E-state index in [9.17, 15) is 17.7 Å². The molecule has 11 heteroatoms. The standard InChI is InChI=1S/C28H32F3N2O4PS/c1-38(2,35)20-8-9-23(25(17-20)37-16-13-34)32-12-4-7-26-22(18-28(29,30)31)21-5-3-6-24(27(21)39-26)33-19-10-14-36-15-11-19/h3,5-6,8-9,17,19,32-34H,10-16,18H2,1-2H3. The lowest BCUT2D eigenvalue weighted by Gasteiger charge is -2.24. The Morgan fingerprint density at radius 1 is 1.18 bits per heavy atom. The van der Waals surface area contributed by atoms with E-state index in [1.165, 1.54) is 11.3 Å². The van der Waals surface area contributed by atoms with Crippen LogP contribution in [0.15, 0.2) is 36.4 Å². The lowest BCUT2D eigenvalue weighted by Crippen LogP contribution is -2.27. The molecule has 0 saturated carbocycles. The lowest BCUT2D eigenvalue weighted by molar-refractivity contribution is -0.126. The quantitative estimate of drug-likeness (QED) is 0.223. The summed E-state index contributed by atoms with van der Waals surface area (Å²) in [7, 11) is -2.52. The van der Waals surface area contributed by atoms with Gasteiger partial charge in [0.2, 0.25) is 0 Å². The number of benzene rings is 2. The van der Waals surface area contributed by atoms with Crippen LogP contribution in [-0.4, -0.2) is 63.6 Å². The maximum Gasteiger partial charge on any atom is 0.393 e. The average Bonchev–Trinajstić information content (AvgIpc) is 3.22. The number of anilines is 2. The Morgan fingerprint density at radius 3 is 2.64 bits per heavy atom. The first-order valence-electron chi connectivity index (χ1n) is 12.7. The van der Waals surface area contributed by atoms with Crippen molar-refractivity contribution in [1.29, 1.82) is 0 Å². The molecule has 1 aliphatic heterocycles. The normalized spacial score (nSPS) is 14.6. The highest BCUT2D eigenvalue weighted by atomic mass is 32.1. The van der Waals surface area contributed by atoms with E-state index in [0.29, 0.717) is 40.2 Å². The van der Waals surface area contributed by atoms with Crippen molar-refractivity contribution in [1.82, 2.24) is 0 Å². The smallest absolute Gasteiger partial charge is 0.393 e. The fraction of sp³-hybridized carbons (Fsp3) is 0.429. The van der Waals surface area contributed by atoms with Crippen molar-refractivity contribution in [2.24, 2.45) is 0 Å². The minimum absolute atomic E-state index is 0.0639. The molecule has 1 saturated heterocycles. The van der Waals surface area contributed by atoms with Crippen molar-refractivity contribution < 1.29 is 32.3 Å². The second-order valence-corrected chi connectivity index (χ2v) is 13.9. The second kappa shape index (κ2) is 12.6. The third-order valence-electron chi connectivity index (χ3n) is 6.28. The zero-order valence-electron chi connectivity index (χ0n) is 21.9. The van der Waals surface area contributed by atoms with E-state index in [-0.39, 0.29) is 31.4 Å². The Hall–Kier alpha value is -2.70. The van der Waals surface area contributed by atoms with Crippen LogP contribution >= 0.6 is 18.5 Å². The first kappa shape index (κ1) is 29.3. The largest absolute Gasteiger partial charge is 0.489 e. The van der Waals surface area contributed by atoms with Gasteiger partial charge in [0.05, 0.1) is 40.5 Å². The van der Waals surface area contributed by atoms with Gasteiger partial charge in [0.15, 0.2) is 0 Å². The van der Waals surface area contributed by atoms with E-state index < -0.39 is 19.7 Å². The molecule has 0 spiro atoms. The molecule has 210 valence electrons. The maximum atomic E-state index is 13.5. The monoisotopic (exact) mass is 580 g/mol. The fourth-order valence-electron chi connectivity index (χ4n) is 4.35. The van der Waals surface area contributed by atoms with Crippen LogP contribution in [0.5, 0.6) is 5.75 Å². The third kappa shape index (κ3) is 7.92. The van der Waals surface area contributed by atoms with Gasteiger partial charge in [0.1, 0.15) is 19.5 Å². The van der Waals surface area contributed by atoms with Gasteiger partial charge in [0.25, 0.3) is 0 Å². The van der Waals surface area contributed by atoms with Crippen LogP contribution in [0.1, 0.15) is 23.3 Å². The summed E-state index contributed by atoms with van der Waals surface area (Å²) in [5, 5.41) is 17.0. The van der Waals surface area contributed by atoms with Crippen LogP contribution < -0.4 is 20.7 Å². The van der Waals surface area contributed by atoms with Gasteiger partial charge in [-0.25, -0.2) is 0 Å². The van der Waals surface area contributed by atoms with E-state index in [2.05, 4.69) is 22.5 Å². The Labute approximate surface area is 230 Å². The van der Waals surface area contributed by atoms with Crippen molar-refractivity contribution in [2.75, 3.05) is 56.9 Å². The molecule has 2 aromatic carbocycles.